The molecule has 0 saturated heterocycles. The highest BCUT2D eigenvalue weighted by atomic mass is 32.1. The van der Waals surface area contributed by atoms with Gasteiger partial charge in [-0.1, -0.05) is 37.6 Å². The maximum Gasteiger partial charge on any atom is 0.166 e. The summed E-state index contributed by atoms with van der Waals surface area (Å²) >= 11 is 5.26. The average molecular weight is 250 g/mol. The van der Waals surface area contributed by atoms with Crippen molar-refractivity contribution in [1.82, 2.24) is 10.6 Å². The monoisotopic (exact) mass is 250 g/mol. The Morgan fingerprint density at radius 3 is 2.71 bits per heavy atom. The summed E-state index contributed by atoms with van der Waals surface area (Å²) in [6.45, 7) is 7.38. The van der Waals surface area contributed by atoms with E-state index in [1.807, 2.05) is 0 Å². The molecule has 0 aliphatic rings. The molecule has 0 heterocycles. The Hall–Kier alpha value is -1.09. The second-order valence-electron chi connectivity index (χ2n) is 4.33. The van der Waals surface area contributed by atoms with Gasteiger partial charge in [0.1, 0.15) is 0 Å². The fourth-order valence-electron chi connectivity index (χ4n) is 1.78. The van der Waals surface area contributed by atoms with Gasteiger partial charge in [-0.2, -0.15) is 0 Å². The molecule has 0 aromatic heterocycles. The van der Waals surface area contributed by atoms with Crippen molar-refractivity contribution in [3.8, 4) is 0 Å². The molecule has 0 fully saturated rings. The van der Waals surface area contributed by atoms with E-state index in [9.17, 15) is 0 Å². The average Bonchev–Trinajstić information content (AvgIpc) is 2.29. The van der Waals surface area contributed by atoms with Gasteiger partial charge in [0.15, 0.2) is 5.11 Å². The Balaban J connectivity index is 2.46. The van der Waals surface area contributed by atoms with Crippen LogP contribution in [0.25, 0.3) is 0 Å². The van der Waals surface area contributed by atoms with Crippen LogP contribution < -0.4 is 10.6 Å². The normalized spacial score (nSPS) is 11.9. The second kappa shape index (κ2) is 7.28. The second-order valence-corrected chi connectivity index (χ2v) is 4.74. The van der Waals surface area contributed by atoms with E-state index in [1.54, 1.807) is 0 Å². The lowest BCUT2D eigenvalue weighted by Gasteiger charge is -2.19. The van der Waals surface area contributed by atoms with Crippen molar-refractivity contribution in [3.05, 3.63) is 35.4 Å². The molecule has 0 bridgehead atoms. The zero-order chi connectivity index (χ0) is 12.7. The first-order chi connectivity index (χ1) is 8.15. The molecule has 17 heavy (non-hydrogen) atoms. The standard InChI is InChI=1S/C14H22N2S/c1-4-5-10-15-14(17)16-12(3)13-9-7-6-8-11(13)2/h6-9,12H,4-5,10H2,1-3H3,(H2,15,16,17). The minimum atomic E-state index is 0.248. The first kappa shape index (κ1) is 14.0. The van der Waals surface area contributed by atoms with Crippen LogP contribution in [-0.4, -0.2) is 11.7 Å². The Bertz CT molecular complexity index is 363. The van der Waals surface area contributed by atoms with E-state index in [0.29, 0.717) is 0 Å². The van der Waals surface area contributed by atoms with E-state index in [-0.39, 0.29) is 6.04 Å². The van der Waals surface area contributed by atoms with Crippen LogP contribution in [0.3, 0.4) is 0 Å². The Morgan fingerprint density at radius 1 is 1.35 bits per heavy atom. The fraction of sp³-hybridized carbons (Fsp3) is 0.500. The molecule has 0 spiro atoms. The maximum atomic E-state index is 5.26. The highest BCUT2D eigenvalue weighted by Crippen LogP contribution is 2.16. The summed E-state index contributed by atoms with van der Waals surface area (Å²) in [5.41, 5.74) is 2.59. The van der Waals surface area contributed by atoms with E-state index in [4.69, 9.17) is 12.2 Å². The van der Waals surface area contributed by atoms with E-state index in [0.717, 1.165) is 18.1 Å². The number of aryl methyl sites for hydroxylation is 1. The SMILES string of the molecule is CCCCNC(=S)NC(C)c1ccccc1C. The quantitative estimate of drug-likeness (QED) is 0.619. The summed E-state index contributed by atoms with van der Waals surface area (Å²) in [5.74, 6) is 0. The van der Waals surface area contributed by atoms with E-state index in [2.05, 4.69) is 55.7 Å². The molecule has 3 heteroatoms. The third kappa shape index (κ3) is 4.73. The molecule has 2 nitrogen and oxygen atoms in total. The highest BCUT2D eigenvalue weighted by molar-refractivity contribution is 7.80. The van der Waals surface area contributed by atoms with Crippen molar-refractivity contribution in [1.29, 1.82) is 0 Å². The molecule has 1 unspecified atom stereocenters. The number of hydrogen-bond acceptors (Lipinski definition) is 1. The van der Waals surface area contributed by atoms with Gasteiger partial charge in [0.05, 0.1) is 6.04 Å². The van der Waals surface area contributed by atoms with Gasteiger partial charge in [0.2, 0.25) is 0 Å². The Labute approximate surface area is 110 Å². The summed E-state index contributed by atoms with van der Waals surface area (Å²) in [6.07, 6.45) is 2.34. The molecule has 0 saturated carbocycles. The van der Waals surface area contributed by atoms with Gasteiger partial charge >= 0.3 is 0 Å². The molecule has 94 valence electrons. The number of benzene rings is 1. The van der Waals surface area contributed by atoms with Crippen LogP contribution in [0.5, 0.6) is 0 Å². The van der Waals surface area contributed by atoms with Crippen LogP contribution in [-0.2, 0) is 0 Å². The number of thiocarbonyl (C=S) groups is 1. The van der Waals surface area contributed by atoms with E-state index < -0.39 is 0 Å². The number of hydrogen-bond donors (Lipinski definition) is 2. The van der Waals surface area contributed by atoms with Crippen molar-refractivity contribution in [3.63, 3.8) is 0 Å². The van der Waals surface area contributed by atoms with Crippen molar-refractivity contribution in [2.45, 2.75) is 39.7 Å². The molecule has 2 N–H and O–H groups in total. The molecule has 0 aliphatic carbocycles. The first-order valence-corrected chi connectivity index (χ1v) is 6.66. The van der Waals surface area contributed by atoms with E-state index >= 15 is 0 Å². The van der Waals surface area contributed by atoms with Gasteiger partial charge in [-0.25, -0.2) is 0 Å². The predicted octanol–water partition coefficient (Wildman–Crippen LogP) is 3.32. The van der Waals surface area contributed by atoms with Crippen LogP contribution in [0.15, 0.2) is 24.3 Å². The fourth-order valence-corrected chi connectivity index (χ4v) is 2.06. The predicted molar refractivity (Wildman–Crippen MR) is 78.2 cm³/mol. The van der Waals surface area contributed by atoms with E-state index in [1.165, 1.54) is 17.5 Å². The zero-order valence-electron chi connectivity index (χ0n) is 10.9. The number of rotatable bonds is 5. The maximum absolute atomic E-state index is 5.26. The Kier molecular flexibility index (Phi) is 5.98. The molecule has 1 atom stereocenters. The lowest BCUT2D eigenvalue weighted by Crippen LogP contribution is -2.37. The summed E-state index contributed by atoms with van der Waals surface area (Å²) in [5, 5.41) is 7.28. The molecule has 1 aromatic rings. The van der Waals surface area contributed by atoms with Crippen LogP contribution in [0.1, 0.15) is 43.9 Å². The van der Waals surface area contributed by atoms with Crippen molar-refractivity contribution in [2.75, 3.05) is 6.54 Å². The smallest absolute Gasteiger partial charge is 0.166 e. The molecular formula is C14H22N2S. The molecule has 0 aliphatic heterocycles. The molecule has 0 radical (unpaired) electrons. The van der Waals surface area contributed by atoms with Crippen molar-refractivity contribution in [2.24, 2.45) is 0 Å². The van der Waals surface area contributed by atoms with Crippen molar-refractivity contribution >= 4 is 17.3 Å². The summed E-state index contributed by atoms with van der Waals surface area (Å²) < 4.78 is 0. The summed E-state index contributed by atoms with van der Waals surface area (Å²) in [4.78, 5) is 0. The van der Waals surface area contributed by atoms with Crippen LogP contribution in [0.4, 0.5) is 0 Å². The third-order valence-corrected chi connectivity index (χ3v) is 3.08. The van der Waals surface area contributed by atoms with Gasteiger partial charge in [0, 0.05) is 6.54 Å². The van der Waals surface area contributed by atoms with Crippen LogP contribution >= 0.6 is 12.2 Å². The molecule has 1 aromatic carbocycles. The molecule has 0 amide bonds. The summed E-state index contributed by atoms with van der Waals surface area (Å²) in [7, 11) is 0. The number of unbranched alkanes of at least 4 members (excludes halogenated alkanes) is 1. The minimum Gasteiger partial charge on any atom is -0.363 e. The molecular weight excluding hydrogens is 228 g/mol. The van der Waals surface area contributed by atoms with Crippen LogP contribution in [0, 0.1) is 6.92 Å². The zero-order valence-corrected chi connectivity index (χ0v) is 11.7. The largest absolute Gasteiger partial charge is 0.363 e. The summed E-state index contributed by atoms with van der Waals surface area (Å²) in [6, 6.07) is 8.64. The minimum absolute atomic E-state index is 0.248. The topological polar surface area (TPSA) is 24.1 Å². The van der Waals surface area contributed by atoms with Gasteiger partial charge in [-0.3, -0.25) is 0 Å². The van der Waals surface area contributed by atoms with Crippen molar-refractivity contribution < 1.29 is 0 Å². The lowest BCUT2D eigenvalue weighted by atomic mass is 10.0. The molecule has 1 rings (SSSR count). The highest BCUT2D eigenvalue weighted by Gasteiger charge is 2.08. The van der Waals surface area contributed by atoms with Gasteiger partial charge in [0.25, 0.3) is 0 Å². The van der Waals surface area contributed by atoms with Gasteiger partial charge in [-0.15, -0.1) is 0 Å². The van der Waals surface area contributed by atoms with Crippen LogP contribution in [0.2, 0.25) is 0 Å². The third-order valence-electron chi connectivity index (χ3n) is 2.82. The lowest BCUT2D eigenvalue weighted by molar-refractivity contribution is 0.679. The number of nitrogens with one attached hydrogen (secondary N) is 2. The van der Waals surface area contributed by atoms with Gasteiger partial charge in [-0.05, 0) is 43.6 Å². The van der Waals surface area contributed by atoms with Gasteiger partial charge < -0.3 is 10.6 Å². The first-order valence-electron chi connectivity index (χ1n) is 6.25. The Morgan fingerprint density at radius 2 is 2.06 bits per heavy atom.